The summed E-state index contributed by atoms with van der Waals surface area (Å²) in [6.07, 6.45) is 2.00. The lowest BCUT2D eigenvalue weighted by molar-refractivity contribution is -0.124. The first-order valence-electron chi connectivity index (χ1n) is 7.28. The number of nitrogens with one attached hydrogen (secondary N) is 1. The van der Waals surface area contributed by atoms with Gasteiger partial charge in [-0.1, -0.05) is 17.7 Å². The van der Waals surface area contributed by atoms with Gasteiger partial charge in [0.05, 0.1) is 6.07 Å². The molecule has 0 saturated heterocycles. The number of carbonyl (C=O) groups is 1. The smallest absolute Gasteiger partial charge is 0.259 e. The van der Waals surface area contributed by atoms with Gasteiger partial charge in [-0.2, -0.15) is 5.26 Å². The SMILES string of the molecule is Cc1cc(C)c(OCC(=O)NC(C)(C#N)C2CC2)c(C)c1. The first kappa shape index (κ1) is 15.4. The Bertz CT molecular complexity index is 576. The monoisotopic (exact) mass is 286 g/mol. The van der Waals surface area contributed by atoms with Crippen molar-refractivity contribution in [2.75, 3.05) is 6.61 Å². The summed E-state index contributed by atoms with van der Waals surface area (Å²) in [7, 11) is 0. The van der Waals surface area contributed by atoms with Gasteiger partial charge in [-0.15, -0.1) is 0 Å². The summed E-state index contributed by atoms with van der Waals surface area (Å²) in [5, 5.41) is 12.0. The van der Waals surface area contributed by atoms with E-state index in [2.05, 4.69) is 11.4 Å². The van der Waals surface area contributed by atoms with Crippen molar-refractivity contribution < 1.29 is 9.53 Å². The van der Waals surface area contributed by atoms with Gasteiger partial charge in [-0.25, -0.2) is 0 Å². The van der Waals surface area contributed by atoms with Gasteiger partial charge in [0.25, 0.3) is 5.91 Å². The number of hydrogen-bond acceptors (Lipinski definition) is 3. The van der Waals surface area contributed by atoms with Crippen LogP contribution in [0.1, 0.15) is 36.5 Å². The van der Waals surface area contributed by atoms with E-state index in [0.717, 1.165) is 29.7 Å². The normalized spacial score (nSPS) is 16.7. The molecule has 1 aromatic rings. The zero-order valence-corrected chi connectivity index (χ0v) is 13.1. The minimum atomic E-state index is -0.766. The number of aryl methyl sites for hydroxylation is 3. The van der Waals surface area contributed by atoms with Crippen molar-refractivity contribution in [1.29, 1.82) is 5.26 Å². The zero-order valence-electron chi connectivity index (χ0n) is 13.1. The summed E-state index contributed by atoms with van der Waals surface area (Å²) >= 11 is 0. The fraction of sp³-hybridized carbons (Fsp3) is 0.529. The molecule has 1 aromatic carbocycles. The van der Waals surface area contributed by atoms with Crippen molar-refractivity contribution in [3.63, 3.8) is 0 Å². The topological polar surface area (TPSA) is 62.1 Å². The third-order valence-electron chi connectivity index (χ3n) is 3.98. The van der Waals surface area contributed by atoms with E-state index in [4.69, 9.17) is 4.74 Å². The molecule has 0 aromatic heterocycles. The number of amides is 1. The molecule has 1 fully saturated rings. The predicted molar refractivity (Wildman–Crippen MR) is 81.0 cm³/mol. The van der Waals surface area contributed by atoms with E-state index in [1.165, 1.54) is 5.56 Å². The molecule has 1 aliphatic rings. The largest absolute Gasteiger partial charge is 0.483 e. The van der Waals surface area contributed by atoms with Gasteiger partial charge in [-0.3, -0.25) is 4.79 Å². The summed E-state index contributed by atoms with van der Waals surface area (Å²) in [6, 6.07) is 6.28. The van der Waals surface area contributed by atoms with Crippen LogP contribution in [0.15, 0.2) is 12.1 Å². The molecule has 0 heterocycles. The zero-order chi connectivity index (χ0) is 15.6. The minimum Gasteiger partial charge on any atom is -0.483 e. The summed E-state index contributed by atoms with van der Waals surface area (Å²) in [5.74, 6) is 0.778. The highest BCUT2D eigenvalue weighted by Gasteiger charge is 2.43. The predicted octanol–water partition coefficient (Wildman–Crippen LogP) is 2.80. The molecule has 1 atom stereocenters. The third kappa shape index (κ3) is 3.55. The molecular weight excluding hydrogens is 264 g/mol. The molecule has 1 saturated carbocycles. The van der Waals surface area contributed by atoms with Crippen LogP contribution in [0.3, 0.4) is 0 Å². The second-order valence-electron chi connectivity index (χ2n) is 6.15. The Hall–Kier alpha value is -2.02. The maximum atomic E-state index is 12.0. The maximum absolute atomic E-state index is 12.0. The standard InChI is InChI=1S/C17H22N2O2/c1-11-7-12(2)16(13(3)8-11)21-9-15(20)19-17(4,10-18)14-5-6-14/h7-8,14H,5-6,9H2,1-4H3,(H,19,20). The molecule has 1 amide bonds. The van der Waals surface area contributed by atoms with E-state index in [0.29, 0.717) is 0 Å². The van der Waals surface area contributed by atoms with E-state index in [-0.39, 0.29) is 18.4 Å². The van der Waals surface area contributed by atoms with Crippen LogP contribution in [-0.4, -0.2) is 18.1 Å². The number of nitrogens with zero attached hydrogens (tertiary/aromatic N) is 1. The molecule has 0 spiro atoms. The van der Waals surface area contributed by atoms with Gasteiger partial charge in [-0.05, 0) is 57.6 Å². The van der Waals surface area contributed by atoms with Crippen LogP contribution in [-0.2, 0) is 4.79 Å². The number of nitriles is 1. The van der Waals surface area contributed by atoms with E-state index in [9.17, 15) is 10.1 Å². The van der Waals surface area contributed by atoms with Gasteiger partial charge in [0.2, 0.25) is 0 Å². The van der Waals surface area contributed by atoms with Crippen LogP contribution in [0.5, 0.6) is 5.75 Å². The van der Waals surface area contributed by atoms with E-state index in [1.54, 1.807) is 6.92 Å². The fourth-order valence-corrected chi connectivity index (χ4v) is 2.74. The van der Waals surface area contributed by atoms with Crippen molar-refractivity contribution in [3.05, 3.63) is 28.8 Å². The summed E-state index contributed by atoms with van der Waals surface area (Å²) in [5.41, 5.74) is 2.45. The van der Waals surface area contributed by atoms with E-state index in [1.807, 2.05) is 32.9 Å². The van der Waals surface area contributed by atoms with Crippen molar-refractivity contribution in [1.82, 2.24) is 5.32 Å². The molecule has 4 heteroatoms. The Morgan fingerprint density at radius 2 is 1.95 bits per heavy atom. The Kier molecular flexibility index (Phi) is 4.22. The second-order valence-corrected chi connectivity index (χ2v) is 6.15. The quantitative estimate of drug-likeness (QED) is 0.905. The molecular formula is C17H22N2O2. The van der Waals surface area contributed by atoms with Gasteiger partial charge in [0.15, 0.2) is 6.61 Å². The number of ether oxygens (including phenoxy) is 1. The molecule has 4 nitrogen and oxygen atoms in total. The van der Waals surface area contributed by atoms with Crippen molar-refractivity contribution in [2.24, 2.45) is 5.92 Å². The van der Waals surface area contributed by atoms with E-state index >= 15 is 0 Å². The third-order valence-corrected chi connectivity index (χ3v) is 3.98. The molecule has 1 N–H and O–H groups in total. The molecule has 2 rings (SSSR count). The Morgan fingerprint density at radius 3 is 2.43 bits per heavy atom. The van der Waals surface area contributed by atoms with Gasteiger partial charge in [0.1, 0.15) is 11.3 Å². The Balaban J connectivity index is 1.97. The van der Waals surface area contributed by atoms with E-state index < -0.39 is 5.54 Å². The molecule has 21 heavy (non-hydrogen) atoms. The number of hydrogen-bond donors (Lipinski definition) is 1. The first-order chi connectivity index (χ1) is 9.85. The highest BCUT2D eigenvalue weighted by atomic mass is 16.5. The second kappa shape index (κ2) is 5.77. The average Bonchev–Trinajstić information content (AvgIpc) is 3.21. The van der Waals surface area contributed by atoms with Gasteiger partial charge < -0.3 is 10.1 Å². The lowest BCUT2D eigenvalue weighted by Crippen LogP contribution is -2.48. The van der Waals surface area contributed by atoms with Crippen molar-refractivity contribution in [3.8, 4) is 11.8 Å². The molecule has 0 aliphatic heterocycles. The molecule has 1 aliphatic carbocycles. The molecule has 112 valence electrons. The lowest BCUT2D eigenvalue weighted by atomic mass is 9.98. The lowest BCUT2D eigenvalue weighted by Gasteiger charge is -2.23. The fourth-order valence-electron chi connectivity index (χ4n) is 2.74. The number of rotatable bonds is 5. The molecule has 1 unspecified atom stereocenters. The van der Waals surface area contributed by atoms with Crippen molar-refractivity contribution in [2.45, 2.75) is 46.1 Å². The van der Waals surface area contributed by atoms with Crippen LogP contribution >= 0.6 is 0 Å². The van der Waals surface area contributed by atoms with Gasteiger partial charge >= 0.3 is 0 Å². The molecule has 0 bridgehead atoms. The first-order valence-corrected chi connectivity index (χ1v) is 7.28. The summed E-state index contributed by atoms with van der Waals surface area (Å²) in [4.78, 5) is 12.0. The average molecular weight is 286 g/mol. The number of benzene rings is 1. The summed E-state index contributed by atoms with van der Waals surface area (Å²) in [6.45, 7) is 7.69. The van der Waals surface area contributed by atoms with Crippen LogP contribution in [0.2, 0.25) is 0 Å². The Labute approximate surface area is 126 Å². The maximum Gasteiger partial charge on any atom is 0.259 e. The van der Waals surface area contributed by atoms with Crippen LogP contribution in [0.25, 0.3) is 0 Å². The van der Waals surface area contributed by atoms with Crippen LogP contribution in [0.4, 0.5) is 0 Å². The summed E-state index contributed by atoms with van der Waals surface area (Å²) < 4.78 is 5.65. The van der Waals surface area contributed by atoms with Crippen molar-refractivity contribution >= 4 is 5.91 Å². The van der Waals surface area contributed by atoms with Gasteiger partial charge in [0, 0.05) is 0 Å². The highest BCUT2D eigenvalue weighted by Crippen LogP contribution is 2.39. The minimum absolute atomic E-state index is 0.0608. The highest BCUT2D eigenvalue weighted by molar-refractivity contribution is 5.79. The van der Waals surface area contributed by atoms with Crippen LogP contribution < -0.4 is 10.1 Å². The van der Waals surface area contributed by atoms with Crippen LogP contribution in [0, 0.1) is 38.0 Å². The Morgan fingerprint density at radius 1 is 1.38 bits per heavy atom. The number of carbonyl (C=O) groups excluding carboxylic acids is 1. The molecule has 0 radical (unpaired) electrons.